The van der Waals surface area contributed by atoms with Crippen molar-refractivity contribution in [1.82, 2.24) is 0 Å². The van der Waals surface area contributed by atoms with Gasteiger partial charge in [-0.3, -0.25) is 4.72 Å². The van der Waals surface area contributed by atoms with Gasteiger partial charge in [-0.25, -0.2) is 8.42 Å². The van der Waals surface area contributed by atoms with Crippen molar-refractivity contribution in [2.24, 2.45) is 0 Å². The third kappa shape index (κ3) is 4.60. The molecule has 3 nitrogen and oxygen atoms in total. The predicted molar refractivity (Wildman–Crippen MR) is 111 cm³/mol. The second-order valence-corrected chi connectivity index (χ2v) is 10.4. The number of anilines is 1. The number of hydrogen-bond donors (Lipinski definition) is 1. The van der Waals surface area contributed by atoms with Crippen molar-refractivity contribution in [2.75, 3.05) is 4.72 Å². The van der Waals surface area contributed by atoms with Gasteiger partial charge in [0.15, 0.2) is 0 Å². The molecule has 0 unspecified atom stereocenters. The Labute approximate surface area is 162 Å². The Kier molecular flexibility index (Phi) is 5.79. The molecule has 0 spiro atoms. The number of halogens is 1. The summed E-state index contributed by atoms with van der Waals surface area (Å²) in [6, 6.07) is 12.5. The molecule has 0 saturated heterocycles. The maximum Gasteiger partial charge on any atom is 0.261 e. The van der Waals surface area contributed by atoms with Gasteiger partial charge in [0.05, 0.1) is 15.6 Å². The smallest absolute Gasteiger partial charge is 0.261 e. The topological polar surface area (TPSA) is 46.2 Å². The van der Waals surface area contributed by atoms with E-state index in [1.165, 1.54) is 0 Å². The Morgan fingerprint density at radius 2 is 1.46 bits per heavy atom. The standard InChI is InChI=1S/C21H28ClNO2S/c1-7-21(5,6)15-8-11-17(12-9-15)26(24,25)23-19-13-10-16(14-18(19)22)20(2,3)4/h8-14,23H,7H2,1-6H3. The van der Waals surface area contributed by atoms with Crippen LogP contribution in [0.2, 0.25) is 5.02 Å². The van der Waals surface area contributed by atoms with Crippen LogP contribution >= 0.6 is 11.6 Å². The van der Waals surface area contributed by atoms with Crippen LogP contribution < -0.4 is 4.72 Å². The van der Waals surface area contributed by atoms with E-state index in [4.69, 9.17) is 11.6 Å². The van der Waals surface area contributed by atoms with Crippen molar-refractivity contribution in [3.63, 3.8) is 0 Å². The highest BCUT2D eigenvalue weighted by atomic mass is 35.5. The lowest BCUT2D eigenvalue weighted by Crippen LogP contribution is -2.17. The minimum absolute atomic E-state index is 0.0157. The second-order valence-electron chi connectivity index (χ2n) is 8.31. The lowest BCUT2D eigenvalue weighted by atomic mass is 9.82. The van der Waals surface area contributed by atoms with E-state index in [1.807, 2.05) is 24.3 Å². The first-order valence-electron chi connectivity index (χ1n) is 8.80. The van der Waals surface area contributed by atoms with Crippen LogP contribution in [-0.2, 0) is 20.9 Å². The van der Waals surface area contributed by atoms with Crippen molar-refractivity contribution in [3.05, 3.63) is 58.6 Å². The number of nitrogens with one attached hydrogen (secondary N) is 1. The van der Waals surface area contributed by atoms with E-state index in [2.05, 4.69) is 46.3 Å². The van der Waals surface area contributed by atoms with Gasteiger partial charge in [0, 0.05) is 0 Å². The molecule has 142 valence electrons. The van der Waals surface area contributed by atoms with Gasteiger partial charge < -0.3 is 0 Å². The minimum Gasteiger partial charge on any atom is -0.278 e. The molecule has 0 radical (unpaired) electrons. The summed E-state index contributed by atoms with van der Waals surface area (Å²) in [5.41, 5.74) is 2.52. The summed E-state index contributed by atoms with van der Waals surface area (Å²) in [4.78, 5) is 0.226. The van der Waals surface area contributed by atoms with Crippen LogP contribution in [0.1, 0.15) is 59.1 Å². The van der Waals surface area contributed by atoms with Gasteiger partial charge in [-0.05, 0) is 52.6 Å². The summed E-state index contributed by atoms with van der Waals surface area (Å²) < 4.78 is 28.0. The number of sulfonamides is 1. The van der Waals surface area contributed by atoms with E-state index in [0.717, 1.165) is 17.5 Å². The zero-order valence-corrected chi connectivity index (χ0v) is 17.9. The summed E-state index contributed by atoms with van der Waals surface area (Å²) in [5.74, 6) is 0. The Balaban J connectivity index is 2.29. The first-order valence-corrected chi connectivity index (χ1v) is 10.7. The van der Waals surface area contributed by atoms with Gasteiger partial charge in [-0.2, -0.15) is 0 Å². The van der Waals surface area contributed by atoms with Crippen LogP contribution in [0.5, 0.6) is 0 Å². The summed E-state index contributed by atoms with van der Waals surface area (Å²) in [6.07, 6.45) is 0.979. The SMILES string of the molecule is CCC(C)(C)c1ccc(S(=O)(=O)Nc2ccc(C(C)(C)C)cc2Cl)cc1. The molecule has 0 aliphatic carbocycles. The summed E-state index contributed by atoms with van der Waals surface area (Å²) in [7, 11) is -3.69. The molecule has 0 saturated carbocycles. The van der Waals surface area contributed by atoms with Crippen LogP contribution in [0.4, 0.5) is 5.69 Å². The Morgan fingerprint density at radius 3 is 1.92 bits per heavy atom. The van der Waals surface area contributed by atoms with Crippen molar-refractivity contribution in [3.8, 4) is 0 Å². The highest BCUT2D eigenvalue weighted by molar-refractivity contribution is 7.92. The first kappa shape index (κ1) is 20.8. The summed E-state index contributed by atoms with van der Waals surface area (Å²) in [6.45, 7) is 12.7. The average Bonchev–Trinajstić information content (AvgIpc) is 2.55. The van der Waals surface area contributed by atoms with Crippen molar-refractivity contribution in [1.29, 1.82) is 0 Å². The molecule has 0 aliphatic rings. The molecule has 0 fully saturated rings. The van der Waals surface area contributed by atoms with Crippen LogP contribution in [0, 0.1) is 0 Å². The molecule has 2 aromatic carbocycles. The summed E-state index contributed by atoms with van der Waals surface area (Å²) in [5, 5.41) is 0.393. The van der Waals surface area contributed by atoms with E-state index >= 15 is 0 Å². The molecule has 0 aliphatic heterocycles. The van der Waals surface area contributed by atoms with Crippen LogP contribution in [0.25, 0.3) is 0 Å². The zero-order valence-electron chi connectivity index (χ0n) is 16.4. The molecule has 5 heteroatoms. The molecule has 0 atom stereocenters. The van der Waals surface area contributed by atoms with Crippen molar-refractivity contribution >= 4 is 27.3 Å². The monoisotopic (exact) mass is 393 g/mol. The zero-order chi connectivity index (χ0) is 19.8. The van der Waals surface area contributed by atoms with Crippen LogP contribution in [0.3, 0.4) is 0 Å². The molecular formula is C21H28ClNO2S. The van der Waals surface area contributed by atoms with Gasteiger partial charge >= 0.3 is 0 Å². The maximum atomic E-state index is 12.7. The molecule has 0 aromatic heterocycles. The third-order valence-electron chi connectivity index (χ3n) is 4.91. The Bertz CT molecular complexity index is 879. The van der Waals surface area contributed by atoms with Crippen LogP contribution in [0.15, 0.2) is 47.4 Å². The fraction of sp³-hybridized carbons (Fsp3) is 0.429. The van der Waals surface area contributed by atoms with Crippen LogP contribution in [-0.4, -0.2) is 8.42 Å². The first-order chi connectivity index (χ1) is 11.9. The fourth-order valence-electron chi connectivity index (χ4n) is 2.56. The van der Waals surface area contributed by atoms with E-state index in [9.17, 15) is 8.42 Å². The third-order valence-corrected chi connectivity index (χ3v) is 6.60. The molecule has 1 N–H and O–H groups in total. The number of benzene rings is 2. The molecule has 0 bridgehead atoms. The maximum absolute atomic E-state index is 12.7. The molecular weight excluding hydrogens is 366 g/mol. The molecule has 2 rings (SSSR count). The molecule has 2 aromatic rings. The number of rotatable bonds is 5. The quantitative estimate of drug-likeness (QED) is 0.664. The molecule has 0 heterocycles. The molecule has 26 heavy (non-hydrogen) atoms. The normalized spacial score (nSPS) is 12.9. The lowest BCUT2D eigenvalue weighted by molar-refractivity contribution is 0.506. The molecule has 0 amide bonds. The van der Waals surface area contributed by atoms with Gasteiger partial charge in [-0.1, -0.05) is 71.3 Å². The van der Waals surface area contributed by atoms with E-state index < -0.39 is 10.0 Å². The van der Waals surface area contributed by atoms with Crippen molar-refractivity contribution < 1.29 is 8.42 Å². The highest BCUT2D eigenvalue weighted by Crippen LogP contribution is 2.32. The van der Waals surface area contributed by atoms with E-state index in [0.29, 0.717) is 10.7 Å². The minimum atomic E-state index is -3.69. The van der Waals surface area contributed by atoms with E-state index in [1.54, 1.807) is 18.2 Å². The highest BCUT2D eigenvalue weighted by Gasteiger charge is 2.21. The van der Waals surface area contributed by atoms with Gasteiger partial charge in [-0.15, -0.1) is 0 Å². The summed E-state index contributed by atoms with van der Waals surface area (Å²) >= 11 is 6.31. The van der Waals surface area contributed by atoms with Gasteiger partial charge in [0.25, 0.3) is 10.0 Å². The lowest BCUT2D eigenvalue weighted by Gasteiger charge is -2.23. The number of hydrogen-bond acceptors (Lipinski definition) is 2. The predicted octanol–water partition coefficient (Wildman–Crippen LogP) is 6.13. The van der Waals surface area contributed by atoms with Gasteiger partial charge in [0.2, 0.25) is 0 Å². The largest absolute Gasteiger partial charge is 0.278 e. The van der Waals surface area contributed by atoms with E-state index in [-0.39, 0.29) is 15.7 Å². The second kappa shape index (κ2) is 7.24. The fourth-order valence-corrected chi connectivity index (χ4v) is 3.92. The Morgan fingerprint density at radius 1 is 0.923 bits per heavy atom. The Hall–Kier alpha value is -1.52. The van der Waals surface area contributed by atoms with Gasteiger partial charge in [0.1, 0.15) is 0 Å². The van der Waals surface area contributed by atoms with Crippen molar-refractivity contribution in [2.45, 2.75) is 63.7 Å². The average molecular weight is 394 g/mol.